The maximum absolute atomic E-state index is 2.49. The fraction of sp³-hybridized carbons (Fsp3) is 0.471. The molecule has 204 valence electrons. The molecule has 0 aliphatic carbocycles. The van der Waals surface area contributed by atoms with E-state index >= 15 is 0 Å². The molecule has 0 N–H and O–H groups in total. The average molecular weight is 675 g/mol. The van der Waals surface area contributed by atoms with Crippen molar-refractivity contribution < 1.29 is 0 Å². The van der Waals surface area contributed by atoms with Gasteiger partial charge in [0.05, 0.1) is 2.88 Å². The molecule has 0 saturated carbocycles. The van der Waals surface area contributed by atoms with Gasteiger partial charge in [-0.05, 0) is 114 Å². The number of hydrogen-bond acceptors (Lipinski definition) is 3. The van der Waals surface area contributed by atoms with Gasteiger partial charge in [0, 0.05) is 24.4 Å². The Bertz CT molecular complexity index is 1270. The first-order valence-electron chi connectivity index (χ1n) is 14.7. The number of halogens is 1. The van der Waals surface area contributed by atoms with Crippen LogP contribution in [-0.4, -0.2) is 0 Å². The van der Waals surface area contributed by atoms with E-state index in [1.165, 1.54) is 95.3 Å². The fourth-order valence-electron chi connectivity index (χ4n) is 5.30. The molecule has 0 bridgehead atoms. The fourth-order valence-corrected chi connectivity index (χ4v) is 10.0. The number of rotatable bonds is 15. The standard InChI is InChI=1S/C34H43IS3/c1-5-9-18-25-27(20-11-7-3)33(37-31(25)24-16-14-13-15-17-24)34-28(21-12-8-4)26(19-10-6-2)32(38-34)29-22-23-30(35)36-29/h13-17,22-23H,5-12,18-21H2,1-4H3. The summed E-state index contributed by atoms with van der Waals surface area (Å²) in [5.74, 6) is 0. The van der Waals surface area contributed by atoms with Crippen LogP contribution in [0, 0.1) is 2.88 Å². The molecule has 1 aromatic carbocycles. The van der Waals surface area contributed by atoms with Crippen LogP contribution in [0.3, 0.4) is 0 Å². The Balaban J connectivity index is 1.98. The first-order valence-corrected chi connectivity index (χ1v) is 18.3. The van der Waals surface area contributed by atoms with E-state index in [2.05, 4.69) is 115 Å². The molecule has 0 radical (unpaired) electrons. The highest BCUT2D eigenvalue weighted by atomic mass is 127. The molecule has 38 heavy (non-hydrogen) atoms. The maximum Gasteiger partial charge on any atom is 0.0660 e. The molecule has 0 aliphatic rings. The van der Waals surface area contributed by atoms with E-state index in [0.29, 0.717) is 0 Å². The minimum atomic E-state index is 1.20. The van der Waals surface area contributed by atoms with Gasteiger partial charge in [-0.1, -0.05) is 83.7 Å². The Hall–Kier alpha value is -0.950. The summed E-state index contributed by atoms with van der Waals surface area (Å²) in [5, 5.41) is 0. The van der Waals surface area contributed by atoms with Crippen molar-refractivity contribution in [1.82, 2.24) is 0 Å². The van der Waals surface area contributed by atoms with Crippen LogP contribution < -0.4 is 0 Å². The van der Waals surface area contributed by atoms with Crippen LogP contribution in [0.1, 0.15) is 101 Å². The average Bonchev–Trinajstić information content (AvgIpc) is 3.63. The van der Waals surface area contributed by atoms with Crippen LogP contribution in [0.15, 0.2) is 42.5 Å². The van der Waals surface area contributed by atoms with E-state index in [-0.39, 0.29) is 0 Å². The molecule has 0 fully saturated rings. The van der Waals surface area contributed by atoms with E-state index in [1.54, 1.807) is 36.9 Å². The molecule has 3 heterocycles. The maximum atomic E-state index is 2.49. The number of unbranched alkanes of at least 4 members (excludes halogenated alkanes) is 4. The zero-order valence-electron chi connectivity index (χ0n) is 23.6. The quantitative estimate of drug-likeness (QED) is 0.110. The lowest BCUT2D eigenvalue weighted by Gasteiger charge is -2.11. The molecule has 4 aromatic rings. The normalized spacial score (nSPS) is 11.5. The summed E-state index contributed by atoms with van der Waals surface area (Å²) >= 11 is 8.67. The van der Waals surface area contributed by atoms with Crippen LogP contribution >= 0.6 is 56.6 Å². The Morgan fingerprint density at radius 1 is 0.500 bits per heavy atom. The zero-order valence-corrected chi connectivity index (χ0v) is 28.2. The van der Waals surface area contributed by atoms with Gasteiger partial charge in [-0.2, -0.15) is 0 Å². The van der Waals surface area contributed by atoms with E-state index in [0.717, 1.165) is 0 Å². The Kier molecular flexibility index (Phi) is 12.0. The number of hydrogen-bond donors (Lipinski definition) is 0. The van der Waals surface area contributed by atoms with Crippen molar-refractivity contribution in [1.29, 1.82) is 0 Å². The summed E-state index contributed by atoms with van der Waals surface area (Å²) in [4.78, 5) is 7.74. The highest BCUT2D eigenvalue weighted by Gasteiger charge is 2.26. The van der Waals surface area contributed by atoms with E-state index in [9.17, 15) is 0 Å². The molecule has 0 amide bonds. The molecular weight excluding hydrogens is 631 g/mol. The summed E-state index contributed by atoms with van der Waals surface area (Å²) in [6.07, 6.45) is 14.9. The summed E-state index contributed by atoms with van der Waals surface area (Å²) in [6, 6.07) is 15.9. The smallest absolute Gasteiger partial charge is 0.0660 e. The first-order chi connectivity index (χ1) is 18.6. The van der Waals surface area contributed by atoms with E-state index in [4.69, 9.17) is 0 Å². The molecule has 0 atom stereocenters. The van der Waals surface area contributed by atoms with Gasteiger partial charge in [0.15, 0.2) is 0 Å². The van der Waals surface area contributed by atoms with E-state index < -0.39 is 0 Å². The second kappa shape index (κ2) is 15.2. The molecule has 3 aromatic heterocycles. The van der Waals surface area contributed by atoms with Gasteiger partial charge in [-0.3, -0.25) is 0 Å². The molecular formula is C34H43IS3. The molecule has 4 rings (SSSR count). The van der Waals surface area contributed by atoms with Gasteiger partial charge >= 0.3 is 0 Å². The summed E-state index contributed by atoms with van der Waals surface area (Å²) < 4.78 is 1.39. The summed E-state index contributed by atoms with van der Waals surface area (Å²) in [5.41, 5.74) is 8.04. The Morgan fingerprint density at radius 2 is 0.947 bits per heavy atom. The zero-order chi connectivity index (χ0) is 26.9. The third kappa shape index (κ3) is 7.03. The van der Waals surface area contributed by atoms with Crippen molar-refractivity contribution in [3.05, 3.63) is 67.6 Å². The molecule has 0 unspecified atom stereocenters. The molecule has 0 saturated heterocycles. The van der Waals surface area contributed by atoms with Crippen LogP contribution in [-0.2, 0) is 25.7 Å². The lowest BCUT2D eigenvalue weighted by atomic mass is 9.93. The predicted molar refractivity (Wildman–Crippen MR) is 184 cm³/mol. The predicted octanol–water partition coefficient (Wildman–Crippen LogP) is 12.8. The van der Waals surface area contributed by atoms with Gasteiger partial charge < -0.3 is 0 Å². The molecule has 0 aliphatic heterocycles. The summed E-state index contributed by atoms with van der Waals surface area (Å²) in [7, 11) is 0. The van der Waals surface area contributed by atoms with E-state index in [1.807, 2.05) is 11.3 Å². The SMILES string of the molecule is CCCCc1c(-c2ccccc2)sc(-c2sc(-c3ccc(I)s3)c(CCCC)c2CCCC)c1CCCC. The highest BCUT2D eigenvalue weighted by molar-refractivity contribution is 14.1. The van der Waals surface area contributed by atoms with Crippen molar-refractivity contribution in [2.24, 2.45) is 0 Å². The van der Waals surface area contributed by atoms with Crippen LogP contribution in [0.2, 0.25) is 0 Å². The Labute approximate surface area is 257 Å². The second-order valence-electron chi connectivity index (χ2n) is 10.3. The second-order valence-corrected chi connectivity index (χ2v) is 15.3. The Morgan fingerprint density at radius 3 is 1.39 bits per heavy atom. The van der Waals surface area contributed by atoms with Crippen molar-refractivity contribution in [2.45, 2.75) is 105 Å². The number of thiophene rings is 3. The van der Waals surface area contributed by atoms with Gasteiger partial charge in [0.2, 0.25) is 0 Å². The monoisotopic (exact) mass is 674 g/mol. The first kappa shape index (κ1) is 30.0. The molecule has 4 heteroatoms. The third-order valence-electron chi connectivity index (χ3n) is 7.39. The van der Waals surface area contributed by atoms with Crippen LogP contribution in [0.4, 0.5) is 0 Å². The topological polar surface area (TPSA) is 0 Å². The van der Waals surface area contributed by atoms with Gasteiger partial charge in [-0.15, -0.1) is 34.0 Å². The van der Waals surface area contributed by atoms with Gasteiger partial charge in [-0.25, -0.2) is 0 Å². The minimum Gasteiger partial charge on any atom is -0.134 e. The summed E-state index contributed by atoms with van der Waals surface area (Å²) in [6.45, 7) is 9.35. The molecule has 0 nitrogen and oxygen atoms in total. The largest absolute Gasteiger partial charge is 0.134 e. The van der Waals surface area contributed by atoms with Crippen molar-refractivity contribution in [2.75, 3.05) is 0 Å². The van der Waals surface area contributed by atoms with Crippen molar-refractivity contribution in [3.63, 3.8) is 0 Å². The van der Waals surface area contributed by atoms with Gasteiger partial charge in [0.25, 0.3) is 0 Å². The number of benzene rings is 1. The van der Waals surface area contributed by atoms with Crippen LogP contribution in [0.5, 0.6) is 0 Å². The third-order valence-corrected chi connectivity index (χ3v) is 12.2. The lowest BCUT2D eigenvalue weighted by Crippen LogP contribution is -1.97. The van der Waals surface area contributed by atoms with Crippen LogP contribution in [0.25, 0.3) is 29.9 Å². The minimum absolute atomic E-state index is 1.20. The highest BCUT2D eigenvalue weighted by Crippen LogP contribution is 2.51. The van der Waals surface area contributed by atoms with Crippen molar-refractivity contribution in [3.8, 4) is 29.9 Å². The van der Waals surface area contributed by atoms with Gasteiger partial charge in [0.1, 0.15) is 0 Å². The molecule has 0 spiro atoms. The van der Waals surface area contributed by atoms with Crippen molar-refractivity contribution >= 4 is 56.6 Å². The lowest BCUT2D eigenvalue weighted by molar-refractivity contribution is 0.760.